The third kappa shape index (κ3) is 11.3. The van der Waals surface area contributed by atoms with Gasteiger partial charge in [-0.3, -0.25) is 19.4 Å². The van der Waals surface area contributed by atoms with E-state index in [0.29, 0.717) is 18.0 Å². The number of phenols is 1. The van der Waals surface area contributed by atoms with Crippen LogP contribution in [0.5, 0.6) is 5.75 Å². The molecule has 2 amide bonds. The molecule has 9 heteroatoms. The quantitative estimate of drug-likeness (QED) is 0.135. The van der Waals surface area contributed by atoms with E-state index in [2.05, 4.69) is 40.9 Å². The van der Waals surface area contributed by atoms with Gasteiger partial charge in [-0.1, -0.05) is 74.5 Å². The second kappa shape index (κ2) is 17.6. The van der Waals surface area contributed by atoms with Crippen LogP contribution >= 0.6 is 0 Å². The Morgan fingerprint density at radius 3 is 2.20 bits per heavy atom. The van der Waals surface area contributed by atoms with Crippen molar-refractivity contribution in [2.24, 2.45) is 5.92 Å². The molecule has 1 heterocycles. The number of carbonyl (C=O) groups is 3. The molecule has 51 heavy (non-hydrogen) atoms. The molecule has 0 spiro atoms. The number of benzene rings is 3. The molecule has 0 bridgehead atoms. The Labute approximate surface area is 304 Å². The van der Waals surface area contributed by atoms with Gasteiger partial charge in [0.05, 0.1) is 6.04 Å². The summed E-state index contributed by atoms with van der Waals surface area (Å²) in [6.07, 6.45) is 2.58. The molecule has 9 nitrogen and oxygen atoms in total. The lowest BCUT2D eigenvalue weighted by atomic mass is 9.92. The summed E-state index contributed by atoms with van der Waals surface area (Å²) < 4.78 is 5.63. The van der Waals surface area contributed by atoms with Gasteiger partial charge in [-0.15, -0.1) is 6.58 Å². The first-order chi connectivity index (χ1) is 24.1. The van der Waals surface area contributed by atoms with Crippen LogP contribution in [0.15, 0.2) is 91.5 Å². The molecular formula is C42H56N4O5. The van der Waals surface area contributed by atoms with Crippen molar-refractivity contribution in [2.75, 3.05) is 19.6 Å². The van der Waals surface area contributed by atoms with Gasteiger partial charge in [0.2, 0.25) is 5.91 Å². The largest absolute Gasteiger partial charge is 0.508 e. The summed E-state index contributed by atoms with van der Waals surface area (Å²) >= 11 is 0. The fraction of sp³-hybridized carbons (Fsp3) is 0.452. The van der Waals surface area contributed by atoms with E-state index in [1.807, 2.05) is 74.5 Å². The van der Waals surface area contributed by atoms with E-state index in [4.69, 9.17) is 4.74 Å². The van der Waals surface area contributed by atoms with Gasteiger partial charge >= 0.3 is 5.97 Å². The summed E-state index contributed by atoms with van der Waals surface area (Å²) in [6.45, 7) is 20.2. The number of ether oxygens (including phenoxy) is 1. The Bertz CT molecular complexity index is 1620. The van der Waals surface area contributed by atoms with E-state index in [9.17, 15) is 19.5 Å². The highest BCUT2D eigenvalue weighted by molar-refractivity contribution is 5.98. The maximum Gasteiger partial charge on any atom is 0.329 e. The minimum absolute atomic E-state index is 0.120. The zero-order valence-corrected chi connectivity index (χ0v) is 31.3. The van der Waals surface area contributed by atoms with Crippen molar-refractivity contribution >= 4 is 17.8 Å². The summed E-state index contributed by atoms with van der Waals surface area (Å²) in [6, 6.07) is 22.8. The van der Waals surface area contributed by atoms with Gasteiger partial charge in [-0.05, 0) is 87.9 Å². The van der Waals surface area contributed by atoms with Crippen molar-refractivity contribution in [3.05, 3.63) is 114 Å². The molecule has 1 aliphatic heterocycles. The third-order valence-corrected chi connectivity index (χ3v) is 9.15. The molecule has 1 saturated heterocycles. The zero-order chi connectivity index (χ0) is 37.3. The summed E-state index contributed by atoms with van der Waals surface area (Å²) in [5.41, 5.74) is 2.51. The molecule has 3 aromatic rings. The second-order valence-corrected chi connectivity index (χ2v) is 15.2. The fourth-order valence-corrected chi connectivity index (χ4v) is 6.72. The van der Waals surface area contributed by atoms with Gasteiger partial charge < -0.3 is 20.5 Å². The lowest BCUT2D eigenvalue weighted by Crippen LogP contribution is -2.57. The minimum Gasteiger partial charge on any atom is -0.508 e. The SMILES string of the molecule is C=CCN1CC(C)N(C(c2ccc(C(=O)N[C@@H](Cc3ccccc3)C(=O)N[C@@H](CC(C)C)C(=O)OC(C)(C)C)cc2)c2cccc(O)c2)CC1C. The van der Waals surface area contributed by atoms with Gasteiger partial charge in [-0.25, -0.2) is 4.79 Å². The lowest BCUT2D eigenvalue weighted by molar-refractivity contribution is -0.159. The molecule has 5 atom stereocenters. The zero-order valence-electron chi connectivity index (χ0n) is 31.3. The molecule has 3 N–H and O–H groups in total. The normalized spacial score (nSPS) is 18.7. The van der Waals surface area contributed by atoms with Crippen molar-refractivity contribution in [2.45, 2.75) is 97.1 Å². The molecule has 0 aliphatic carbocycles. The van der Waals surface area contributed by atoms with E-state index < -0.39 is 35.5 Å². The number of carbonyl (C=O) groups excluding carboxylic acids is 3. The third-order valence-electron chi connectivity index (χ3n) is 9.15. The highest BCUT2D eigenvalue weighted by Gasteiger charge is 2.35. The first-order valence-corrected chi connectivity index (χ1v) is 18.0. The van der Waals surface area contributed by atoms with Crippen LogP contribution < -0.4 is 10.6 Å². The van der Waals surface area contributed by atoms with Crippen molar-refractivity contribution in [3.8, 4) is 5.75 Å². The Morgan fingerprint density at radius 1 is 0.902 bits per heavy atom. The average molecular weight is 697 g/mol. The molecule has 0 aromatic heterocycles. The molecule has 1 fully saturated rings. The summed E-state index contributed by atoms with van der Waals surface area (Å²) in [5.74, 6) is -1.04. The average Bonchev–Trinajstić information content (AvgIpc) is 3.06. The highest BCUT2D eigenvalue weighted by Crippen LogP contribution is 2.34. The second-order valence-electron chi connectivity index (χ2n) is 15.2. The number of hydrogen-bond donors (Lipinski definition) is 3. The van der Waals surface area contributed by atoms with E-state index in [0.717, 1.165) is 36.3 Å². The summed E-state index contributed by atoms with van der Waals surface area (Å²) in [4.78, 5) is 45.6. The van der Waals surface area contributed by atoms with Crippen LogP contribution in [-0.4, -0.2) is 82.1 Å². The lowest BCUT2D eigenvalue weighted by Gasteiger charge is -2.47. The van der Waals surface area contributed by atoms with Crippen LogP contribution in [0.2, 0.25) is 0 Å². The van der Waals surface area contributed by atoms with E-state index in [1.165, 1.54) is 0 Å². The smallest absolute Gasteiger partial charge is 0.329 e. The van der Waals surface area contributed by atoms with Crippen LogP contribution in [0.1, 0.15) is 88.0 Å². The topological polar surface area (TPSA) is 111 Å². The number of nitrogens with one attached hydrogen (secondary N) is 2. The molecule has 0 radical (unpaired) electrons. The minimum atomic E-state index is -0.939. The van der Waals surface area contributed by atoms with Crippen molar-refractivity contribution in [1.82, 2.24) is 20.4 Å². The standard InChI is InChI=1S/C42H56N4O5/c1-9-22-45-26-30(5)46(27-29(45)4)38(34-16-13-17-35(47)25-34)32-18-20-33(21-19-32)39(48)43-36(24-31-14-11-10-12-15-31)40(49)44-37(23-28(2)3)41(50)51-42(6,7)8/h9-21,25,28-30,36-38,47H,1,22-24,26-27H2,2-8H3,(H,43,48)(H,44,49)/t29?,30?,36-,37-,38?/m0/s1. The number of esters is 1. The molecule has 3 unspecified atom stereocenters. The maximum atomic E-state index is 13.8. The van der Waals surface area contributed by atoms with Gasteiger partial charge in [0, 0.05) is 43.7 Å². The Morgan fingerprint density at radius 2 is 1.59 bits per heavy atom. The molecule has 0 saturated carbocycles. The van der Waals surface area contributed by atoms with Crippen molar-refractivity contribution in [3.63, 3.8) is 0 Å². The number of rotatable bonds is 14. The van der Waals surface area contributed by atoms with E-state index >= 15 is 0 Å². The molecule has 274 valence electrons. The summed E-state index contributed by atoms with van der Waals surface area (Å²) in [7, 11) is 0. The monoisotopic (exact) mass is 696 g/mol. The highest BCUT2D eigenvalue weighted by atomic mass is 16.6. The first kappa shape index (κ1) is 39.3. The molecule has 4 rings (SSSR count). The molecule has 1 aliphatic rings. The van der Waals surface area contributed by atoms with Crippen LogP contribution in [0, 0.1) is 5.92 Å². The fourth-order valence-electron chi connectivity index (χ4n) is 6.72. The Hall–Kier alpha value is -4.47. The van der Waals surface area contributed by atoms with E-state index in [-0.39, 0.29) is 30.2 Å². The van der Waals surface area contributed by atoms with Gasteiger partial charge in [-0.2, -0.15) is 0 Å². The first-order valence-electron chi connectivity index (χ1n) is 18.0. The predicted octanol–water partition coefficient (Wildman–Crippen LogP) is 6.28. The van der Waals surface area contributed by atoms with Crippen LogP contribution in [0.25, 0.3) is 0 Å². The number of phenolic OH excluding ortho intramolecular Hbond substituents is 1. The van der Waals surface area contributed by atoms with Crippen LogP contribution in [0.4, 0.5) is 0 Å². The predicted molar refractivity (Wildman–Crippen MR) is 202 cm³/mol. The van der Waals surface area contributed by atoms with Gasteiger partial charge in [0.1, 0.15) is 23.4 Å². The van der Waals surface area contributed by atoms with Crippen molar-refractivity contribution in [1.29, 1.82) is 0 Å². The van der Waals surface area contributed by atoms with Gasteiger partial charge in [0.25, 0.3) is 5.91 Å². The van der Waals surface area contributed by atoms with Gasteiger partial charge in [0.15, 0.2) is 0 Å². The summed E-state index contributed by atoms with van der Waals surface area (Å²) in [5, 5.41) is 16.3. The number of aromatic hydroxyl groups is 1. The van der Waals surface area contributed by atoms with Crippen LogP contribution in [-0.2, 0) is 20.7 Å². The molecule has 3 aromatic carbocycles. The Kier molecular flexibility index (Phi) is 13.6. The number of nitrogens with zero attached hydrogens (tertiary/aromatic N) is 2. The number of amides is 2. The Balaban J connectivity index is 1.59. The van der Waals surface area contributed by atoms with Crippen molar-refractivity contribution < 1.29 is 24.2 Å². The molecular weight excluding hydrogens is 640 g/mol. The number of piperazine rings is 1. The van der Waals surface area contributed by atoms with Crippen LogP contribution in [0.3, 0.4) is 0 Å². The van der Waals surface area contributed by atoms with E-state index in [1.54, 1.807) is 45.0 Å². The number of hydrogen-bond acceptors (Lipinski definition) is 7. The maximum absolute atomic E-state index is 13.8.